The standard InChI is InChI=1S/C22H25N3O3/c1-6-20(26)25(5)18-10-7-16(8-11-18)21(27)24-19-12-9-17(13-15(19)4)22(28)23-14(2)3/h6-14H,1H2,2-5H3,(H,23,28)(H,24,27). The van der Waals surface area contributed by atoms with Crippen molar-refractivity contribution >= 4 is 29.1 Å². The molecular formula is C22H25N3O3. The lowest BCUT2D eigenvalue weighted by Crippen LogP contribution is -2.30. The van der Waals surface area contributed by atoms with Gasteiger partial charge in [0.2, 0.25) is 5.91 Å². The Morgan fingerprint density at radius 2 is 1.61 bits per heavy atom. The van der Waals surface area contributed by atoms with Gasteiger partial charge in [-0.05, 0) is 74.9 Å². The van der Waals surface area contributed by atoms with Gasteiger partial charge < -0.3 is 15.5 Å². The van der Waals surface area contributed by atoms with Crippen LogP contribution in [0.1, 0.15) is 40.1 Å². The molecule has 0 unspecified atom stereocenters. The fraction of sp³-hybridized carbons (Fsp3) is 0.227. The van der Waals surface area contributed by atoms with Gasteiger partial charge in [-0.1, -0.05) is 6.58 Å². The highest BCUT2D eigenvalue weighted by Gasteiger charge is 2.13. The Morgan fingerprint density at radius 1 is 1.00 bits per heavy atom. The lowest BCUT2D eigenvalue weighted by molar-refractivity contribution is -0.113. The Hall–Kier alpha value is -3.41. The Morgan fingerprint density at radius 3 is 2.14 bits per heavy atom. The van der Waals surface area contributed by atoms with Crippen LogP contribution in [-0.4, -0.2) is 30.8 Å². The van der Waals surface area contributed by atoms with E-state index in [4.69, 9.17) is 0 Å². The molecule has 28 heavy (non-hydrogen) atoms. The molecule has 3 amide bonds. The lowest BCUT2D eigenvalue weighted by Gasteiger charge is -2.15. The van der Waals surface area contributed by atoms with Crippen LogP contribution in [0.4, 0.5) is 11.4 Å². The fourth-order valence-electron chi connectivity index (χ4n) is 2.59. The second kappa shape index (κ2) is 8.99. The Bertz CT molecular complexity index is 902. The topological polar surface area (TPSA) is 78.5 Å². The molecule has 0 aromatic heterocycles. The van der Waals surface area contributed by atoms with Crippen LogP contribution < -0.4 is 15.5 Å². The van der Waals surface area contributed by atoms with E-state index in [-0.39, 0.29) is 23.8 Å². The number of anilines is 2. The molecule has 0 heterocycles. The molecule has 0 aliphatic heterocycles. The Balaban J connectivity index is 2.11. The van der Waals surface area contributed by atoms with E-state index in [2.05, 4.69) is 17.2 Å². The number of carbonyl (C=O) groups is 3. The van der Waals surface area contributed by atoms with Gasteiger partial charge in [0.15, 0.2) is 0 Å². The molecule has 0 atom stereocenters. The van der Waals surface area contributed by atoms with E-state index in [0.29, 0.717) is 22.5 Å². The van der Waals surface area contributed by atoms with Crippen molar-refractivity contribution in [1.82, 2.24) is 5.32 Å². The first-order chi connectivity index (χ1) is 13.2. The highest BCUT2D eigenvalue weighted by molar-refractivity contribution is 6.06. The smallest absolute Gasteiger partial charge is 0.255 e. The SMILES string of the molecule is C=CC(=O)N(C)c1ccc(C(=O)Nc2ccc(C(=O)NC(C)C)cc2C)cc1. The van der Waals surface area contributed by atoms with E-state index >= 15 is 0 Å². The summed E-state index contributed by atoms with van der Waals surface area (Å²) in [6.07, 6.45) is 1.23. The van der Waals surface area contributed by atoms with E-state index < -0.39 is 0 Å². The van der Waals surface area contributed by atoms with Crippen molar-refractivity contribution in [3.8, 4) is 0 Å². The summed E-state index contributed by atoms with van der Waals surface area (Å²) >= 11 is 0. The van der Waals surface area contributed by atoms with Crippen molar-refractivity contribution in [1.29, 1.82) is 0 Å². The molecule has 0 aliphatic rings. The van der Waals surface area contributed by atoms with Gasteiger partial charge in [-0.15, -0.1) is 0 Å². The molecule has 2 aromatic carbocycles. The average molecular weight is 379 g/mol. The number of rotatable bonds is 6. The predicted octanol–water partition coefficient (Wildman–Crippen LogP) is 3.53. The Labute approximate surface area is 165 Å². The molecule has 0 fully saturated rings. The maximum Gasteiger partial charge on any atom is 0.255 e. The van der Waals surface area contributed by atoms with E-state index in [1.807, 2.05) is 20.8 Å². The highest BCUT2D eigenvalue weighted by atomic mass is 16.2. The third kappa shape index (κ3) is 5.07. The summed E-state index contributed by atoms with van der Waals surface area (Å²) in [7, 11) is 1.64. The van der Waals surface area contributed by atoms with Crippen molar-refractivity contribution in [3.05, 3.63) is 71.8 Å². The lowest BCUT2D eigenvalue weighted by atomic mass is 10.1. The molecule has 0 saturated carbocycles. The predicted molar refractivity (Wildman–Crippen MR) is 112 cm³/mol. The molecule has 2 aromatic rings. The quantitative estimate of drug-likeness (QED) is 0.754. The van der Waals surface area contributed by atoms with E-state index in [9.17, 15) is 14.4 Å². The first-order valence-corrected chi connectivity index (χ1v) is 8.96. The van der Waals surface area contributed by atoms with Crippen LogP contribution in [0.15, 0.2) is 55.1 Å². The maximum atomic E-state index is 12.5. The first kappa shape index (κ1) is 20.9. The van der Waals surface area contributed by atoms with Gasteiger partial charge in [-0.2, -0.15) is 0 Å². The minimum atomic E-state index is -0.272. The average Bonchev–Trinajstić information content (AvgIpc) is 2.67. The van der Waals surface area contributed by atoms with Crippen LogP contribution >= 0.6 is 0 Å². The number of amides is 3. The van der Waals surface area contributed by atoms with Gasteiger partial charge in [0.1, 0.15) is 0 Å². The van der Waals surface area contributed by atoms with Crippen molar-refractivity contribution in [2.45, 2.75) is 26.8 Å². The fourth-order valence-corrected chi connectivity index (χ4v) is 2.59. The molecule has 6 nitrogen and oxygen atoms in total. The van der Waals surface area contributed by atoms with Gasteiger partial charge in [0.05, 0.1) is 0 Å². The number of nitrogens with one attached hydrogen (secondary N) is 2. The minimum absolute atomic E-state index is 0.0518. The molecule has 0 bridgehead atoms. The molecule has 0 spiro atoms. The van der Waals surface area contributed by atoms with Crippen LogP contribution in [0, 0.1) is 6.92 Å². The highest BCUT2D eigenvalue weighted by Crippen LogP contribution is 2.19. The maximum absolute atomic E-state index is 12.5. The van der Waals surface area contributed by atoms with Gasteiger partial charge >= 0.3 is 0 Å². The number of aryl methyl sites for hydroxylation is 1. The zero-order valence-electron chi connectivity index (χ0n) is 16.6. The van der Waals surface area contributed by atoms with E-state index in [0.717, 1.165) is 5.56 Å². The summed E-state index contributed by atoms with van der Waals surface area (Å²) < 4.78 is 0. The molecule has 6 heteroatoms. The van der Waals surface area contributed by atoms with Crippen molar-refractivity contribution in [2.75, 3.05) is 17.3 Å². The normalized spacial score (nSPS) is 10.3. The number of likely N-dealkylation sites (N-methyl/N-ethyl adjacent to an activating group) is 1. The van der Waals surface area contributed by atoms with Gasteiger partial charge in [0, 0.05) is 35.6 Å². The summed E-state index contributed by atoms with van der Waals surface area (Å²) in [4.78, 5) is 37.7. The van der Waals surface area contributed by atoms with Crippen LogP contribution in [0.3, 0.4) is 0 Å². The summed E-state index contributed by atoms with van der Waals surface area (Å²) in [5, 5.41) is 5.69. The molecule has 2 rings (SSSR count). The number of hydrogen-bond acceptors (Lipinski definition) is 3. The molecule has 0 aliphatic carbocycles. The zero-order valence-corrected chi connectivity index (χ0v) is 16.6. The second-order valence-corrected chi connectivity index (χ2v) is 6.76. The molecule has 0 saturated heterocycles. The van der Waals surface area contributed by atoms with Crippen molar-refractivity contribution in [2.24, 2.45) is 0 Å². The monoisotopic (exact) mass is 379 g/mol. The summed E-state index contributed by atoms with van der Waals surface area (Å²) in [6.45, 7) is 9.09. The molecule has 2 N–H and O–H groups in total. The van der Waals surface area contributed by atoms with Gasteiger partial charge in [0.25, 0.3) is 11.8 Å². The number of benzene rings is 2. The summed E-state index contributed by atoms with van der Waals surface area (Å²) in [6, 6.07) is 11.9. The number of carbonyl (C=O) groups excluding carboxylic acids is 3. The van der Waals surface area contributed by atoms with Crippen molar-refractivity contribution < 1.29 is 14.4 Å². The van der Waals surface area contributed by atoms with Crippen molar-refractivity contribution in [3.63, 3.8) is 0 Å². The Kier molecular flexibility index (Phi) is 6.71. The third-order valence-electron chi connectivity index (χ3n) is 4.18. The van der Waals surface area contributed by atoms with Gasteiger partial charge in [-0.3, -0.25) is 14.4 Å². The van der Waals surface area contributed by atoms with E-state index in [1.165, 1.54) is 11.0 Å². The van der Waals surface area contributed by atoms with Crippen LogP contribution in [0.2, 0.25) is 0 Å². The van der Waals surface area contributed by atoms with Gasteiger partial charge in [-0.25, -0.2) is 0 Å². The van der Waals surface area contributed by atoms with Crippen LogP contribution in [0.25, 0.3) is 0 Å². The third-order valence-corrected chi connectivity index (χ3v) is 4.18. The zero-order chi connectivity index (χ0) is 20.8. The van der Waals surface area contributed by atoms with Crippen LogP contribution in [-0.2, 0) is 4.79 Å². The summed E-state index contributed by atoms with van der Waals surface area (Å²) in [5.41, 5.74) is 3.10. The summed E-state index contributed by atoms with van der Waals surface area (Å²) in [5.74, 6) is -0.647. The largest absolute Gasteiger partial charge is 0.350 e. The first-order valence-electron chi connectivity index (χ1n) is 8.96. The molecule has 146 valence electrons. The van der Waals surface area contributed by atoms with Crippen LogP contribution in [0.5, 0.6) is 0 Å². The number of hydrogen-bond donors (Lipinski definition) is 2. The minimum Gasteiger partial charge on any atom is -0.350 e. The molecular weight excluding hydrogens is 354 g/mol. The van der Waals surface area contributed by atoms with E-state index in [1.54, 1.807) is 49.5 Å². The molecule has 0 radical (unpaired) electrons. The second-order valence-electron chi connectivity index (χ2n) is 6.76. The number of nitrogens with zero attached hydrogens (tertiary/aromatic N) is 1.